The molecule has 2 rings (SSSR count). The molecule has 3 heteroatoms. The van der Waals surface area contributed by atoms with Gasteiger partial charge in [-0.1, -0.05) is 25.3 Å². The van der Waals surface area contributed by atoms with E-state index in [-0.39, 0.29) is 0 Å². The van der Waals surface area contributed by atoms with E-state index < -0.39 is 0 Å². The topological polar surface area (TPSA) is 15.3 Å². The molecule has 0 radical (unpaired) electrons. The molecule has 1 aromatic heterocycles. The Morgan fingerprint density at radius 1 is 1.35 bits per heavy atom. The van der Waals surface area contributed by atoms with Crippen LogP contribution in [0.15, 0.2) is 17.5 Å². The van der Waals surface area contributed by atoms with E-state index in [0.29, 0.717) is 0 Å². The maximum atomic E-state index is 3.69. The van der Waals surface area contributed by atoms with Crippen molar-refractivity contribution in [2.75, 3.05) is 20.1 Å². The number of hydrogen-bond donors (Lipinski definition) is 1. The highest BCUT2D eigenvalue weighted by Gasteiger charge is 2.12. The van der Waals surface area contributed by atoms with E-state index in [2.05, 4.69) is 34.8 Å². The van der Waals surface area contributed by atoms with Crippen molar-refractivity contribution in [1.29, 1.82) is 0 Å². The summed E-state index contributed by atoms with van der Waals surface area (Å²) < 4.78 is 0. The molecule has 0 aliphatic heterocycles. The molecule has 17 heavy (non-hydrogen) atoms. The van der Waals surface area contributed by atoms with Crippen molar-refractivity contribution >= 4 is 11.3 Å². The van der Waals surface area contributed by atoms with Crippen LogP contribution in [0.25, 0.3) is 0 Å². The van der Waals surface area contributed by atoms with E-state index in [4.69, 9.17) is 0 Å². The number of rotatable bonds is 6. The third kappa shape index (κ3) is 4.78. The Morgan fingerprint density at radius 2 is 2.18 bits per heavy atom. The second kappa shape index (κ2) is 7.14. The first-order chi connectivity index (χ1) is 8.34. The van der Waals surface area contributed by atoms with Crippen molar-refractivity contribution in [3.05, 3.63) is 22.4 Å². The quantitative estimate of drug-likeness (QED) is 0.837. The molecule has 0 atom stereocenters. The third-order valence-corrected chi connectivity index (χ3v) is 4.40. The van der Waals surface area contributed by atoms with Crippen molar-refractivity contribution < 1.29 is 0 Å². The Bertz CT molecular complexity index is 291. The fraction of sp³-hybridized carbons (Fsp3) is 0.714. The maximum absolute atomic E-state index is 3.69. The molecule has 1 saturated carbocycles. The molecule has 1 aromatic rings. The Labute approximate surface area is 109 Å². The zero-order valence-corrected chi connectivity index (χ0v) is 11.6. The van der Waals surface area contributed by atoms with Crippen molar-refractivity contribution in [2.24, 2.45) is 0 Å². The van der Waals surface area contributed by atoms with Gasteiger partial charge in [0.25, 0.3) is 0 Å². The lowest BCUT2D eigenvalue weighted by molar-refractivity contribution is 0.302. The molecule has 0 spiro atoms. The van der Waals surface area contributed by atoms with Gasteiger partial charge in [-0.25, -0.2) is 0 Å². The lowest BCUT2D eigenvalue weighted by atomic mass is 9.95. The summed E-state index contributed by atoms with van der Waals surface area (Å²) in [6.45, 7) is 3.37. The largest absolute Gasteiger partial charge is 0.313 e. The van der Waals surface area contributed by atoms with Gasteiger partial charge in [0.05, 0.1) is 0 Å². The lowest BCUT2D eigenvalue weighted by Gasteiger charge is -2.24. The van der Waals surface area contributed by atoms with Crippen LogP contribution in [0.4, 0.5) is 0 Å². The van der Waals surface area contributed by atoms with Gasteiger partial charge in [-0.05, 0) is 31.3 Å². The molecule has 0 aromatic carbocycles. The third-order valence-electron chi connectivity index (χ3n) is 3.54. The van der Waals surface area contributed by atoms with E-state index in [1.165, 1.54) is 37.0 Å². The molecule has 1 heterocycles. The standard InChI is InChI=1S/C14H24N2S/c1-16(12-14-8-5-11-17-14)10-9-15-13-6-3-2-4-7-13/h5,8,11,13,15H,2-4,6-7,9-10,12H2,1H3. The molecule has 1 N–H and O–H groups in total. The minimum atomic E-state index is 0.791. The SMILES string of the molecule is CN(CCNC1CCCCC1)Cc1cccs1. The summed E-state index contributed by atoms with van der Waals surface area (Å²) in [5.41, 5.74) is 0. The van der Waals surface area contributed by atoms with Gasteiger partial charge in [0.1, 0.15) is 0 Å². The first kappa shape index (κ1) is 13.1. The smallest absolute Gasteiger partial charge is 0.0325 e. The second-order valence-corrected chi connectivity index (χ2v) is 6.14. The fourth-order valence-corrected chi connectivity index (χ4v) is 3.30. The molecule has 0 bridgehead atoms. The van der Waals surface area contributed by atoms with Gasteiger partial charge >= 0.3 is 0 Å². The predicted molar refractivity (Wildman–Crippen MR) is 75.5 cm³/mol. The van der Waals surface area contributed by atoms with Gasteiger partial charge in [-0.2, -0.15) is 0 Å². The molecule has 1 fully saturated rings. The van der Waals surface area contributed by atoms with Gasteiger partial charge < -0.3 is 10.2 Å². The van der Waals surface area contributed by atoms with Crippen LogP contribution in [0.3, 0.4) is 0 Å². The summed E-state index contributed by atoms with van der Waals surface area (Å²) in [5.74, 6) is 0. The van der Waals surface area contributed by atoms with Crippen molar-refractivity contribution in [3.63, 3.8) is 0 Å². The second-order valence-electron chi connectivity index (χ2n) is 5.11. The maximum Gasteiger partial charge on any atom is 0.0325 e. The molecular weight excluding hydrogens is 228 g/mol. The number of likely N-dealkylation sites (N-methyl/N-ethyl adjacent to an activating group) is 1. The summed E-state index contributed by atoms with van der Waals surface area (Å²) in [5, 5.41) is 5.85. The van der Waals surface area contributed by atoms with Crippen LogP contribution in [0.1, 0.15) is 37.0 Å². The summed E-state index contributed by atoms with van der Waals surface area (Å²) in [4.78, 5) is 3.87. The summed E-state index contributed by atoms with van der Waals surface area (Å²) >= 11 is 1.85. The van der Waals surface area contributed by atoms with E-state index >= 15 is 0 Å². The van der Waals surface area contributed by atoms with E-state index in [0.717, 1.165) is 25.7 Å². The van der Waals surface area contributed by atoms with Gasteiger partial charge in [-0.3, -0.25) is 0 Å². The molecule has 96 valence electrons. The number of nitrogens with zero attached hydrogens (tertiary/aromatic N) is 1. The Balaban J connectivity index is 1.58. The van der Waals surface area contributed by atoms with Crippen LogP contribution in [-0.4, -0.2) is 31.1 Å². The molecule has 1 aliphatic carbocycles. The minimum Gasteiger partial charge on any atom is -0.313 e. The Morgan fingerprint density at radius 3 is 2.88 bits per heavy atom. The molecule has 0 amide bonds. The monoisotopic (exact) mass is 252 g/mol. The van der Waals surface area contributed by atoms with Crippen molar-refractivity contribution in [2.45, 2.75) is 44.7 Å². The minimum absolute atomic E-state index is 0.791. The normalized spacial score (nSPS) is 17.8. The summed E-state index contributed by atoms with van der Waals surface area (Å²) in [6, 6.07) is 5.14. The predicted octanol–water partition coefficient (Wildman–Crippen LogP) is 3.10. The molecule has 2 nitrogen and oxygen atoms in total. The van der Waals surface area contributed by atoms with Crippen LogP contribution in [0.2, 0.25) is 0 Å². The highest BCUT2D eigenvalue weighted by molar-refractivity contribution is 7.09. The molecule has 0 unspecified atom stereocenters. The summed E-state index contributed by atoms with van der Waals surface area (Å²) in [7, 11) is 2.21. The van der Waals surface area contributed by atoms with Crippen molar-refractivity contribution in [1.82, 2.24) is 10.2 Å². The molecule has 1 aliphatic rings. The number of nitrogens with one attached hydrogen (secondary N) is 1. The zero-order chi connectivity index (χ0) is 11.9. The van der Waals surface area contributed by atoms with Crippen LogP contribution in [-0.2, 0) is 6.54 Å². The number of thiophene rings is 1. The van der Waals surface area contributed by atoms with Crippen LogP contribution >= 0.6 is 11.3 Å². The average molecular weight is 252 g/mol. The van der Waals surface area contributed by atoms with Crippen LogP contribution in [0, 0.1) is 0 Å². The van der Waals surface area contributed by atoms with E-state index in [1.54, 1.807) is 0 Å². The van der Waals surface area contributed by atoms with Gasteiger partial charge in [-0.15, -0.1) is 11.3 Å². The van der Waals surface area contributed by atoms with Gasteiger partial charge in [0.15, 0.2) is 0 Å². The average Bonchev–Trinajstić information content (AvgIpc) is 2.83. The molecular formula is C14H24N2S. The van der Waals surface area contributed by atoms with Crippen LogP contribution < -0.4 is 5.32 Å². The first-order valence-corrected chi connectivity index (χ1v) is 7.67. The van der Waals surface area contributed by atoms with Crippen LogP contribution in [0.5, 0.6) is 0 Å². The highest BCUT2D eigenvalue weighted by Crippen LogP contribution is 2.17. The van der Waals surface area contributed by atoms with Crippen molar-refractivity contribution in [3.8, 4) is 0 Å². The summed E-state index contributed by atoms with van der Waals surface area (Å²) in [6.07, 6.45) is 7.05. The highest BCUT2D eigenvalue weighted by atomic mass is 32.1. The lowest BCUT2D eigenvalue weighted by Crippen LogP contribution is -2.36. The van der Waals surface area contributed by atoms with Gasteiger partial charge in [0, 0.05) is 30.6 Å². The first-order valence-electron chi connectivity index (χ1n) is 6.79. The Kier molecular flexibility index (Phi) is 5.49. The number of hydrogen-bond acceptors (Lipinski definition) is 3. The van der Waals surface area contributed by atoms with E-state index in [1.807, 2.05) is 11.3 Å². The molecule has 0 saturated heterocycles. The Hall–Kier alpha value is -0.380. The fourth-order valence-electron chi connectivity index (χ4n) is 2.51. The van der Waals surface area contributed by atoms with E-state index in [9.17, 15) is 0 Å². The zero-order valence-electron chi connectivity index (χ0n) is 10.8. The van der Waals surface area contributed by atoms with Gasteiger partial charge in [0.2, 0.25) is 0 Å².